The van der Waals surface area contributed by atoms with Crippen molar-refractivity contribution < 1.29 is 4.79 Å². The molecule has 0 radical (unpaired) electrons. The molecule has 0 saturated carbocycles. The van der Waals surface area contributed by atoms with Gasteiger partial charge in [0, 0.05) is 33.9 Å². The highest BCUT2D eigenvalue weighted by Crippen LogP contribution is 2.36. The molecule has 1 fully saturated rings. The molecule has 0 spiro atoms. The van der Waals surface area contributed by atoms with Gasteiger partial charge >= 0.3 is 0 Å². The zero-order valence-electron chi connectivity index (χ0n) is 10.3. The Kier molecular flexibility index (Phi) is 4.34. The van der Waals surface area contributed by atoms with Crippen molar-refractivity contribution in [3.8, 4) is 0 Å². The van der Waals surface area contributed by atoms with E-state index in [1.165, 1.54) is 0 Å². The lowest BCUT2D eigenvalue weighted by atomic mass is 10.1. The van der Waals surface area contributed by atoms with Gasteiger partial charge in [0.15, 0.2) is 0 Å². The number of amides is 1. The van der Waals surface area contributed by atoms with Crippen molar-refractivity contribution in [2.24, 2.45) is 11.0 Å². The Morgan fingerprint density at radius 3 is 3.00 bits per heavy atom. The van der Waals surface area contributed by atoms with Crippen molar-refractivity contribution in [2.75, 3.05) is 18.0 Å². The maximum atomic E-state index is 12.1. The van der Waals surface area contributed by atoms with Crippen LogP contribution < -0.4 is 4.90 Å². The number of anilines is 1. The molecule has 1 saturated heterocycles. The molecule has 5 nitrogen and oxygen atoms in total. The molecule has 1 amide bonds. The molecule has 1 atom stereocenters. The summed E-state index contributed by atoms with van der Waals surface area (Å²) in [5.41, 5.74) is 10.1. The highest BCUT2D eigenvalue weighted by atomic mass is 79.9. The first kappa shape index (κ1) is 14.2. The number of hydrogen-bond acceptors (Lipinski definition) is 2. The van der Waals surface area contributed by atoms with Crippen molar-refractivity contribution in [3.05, 3.63) is 37.6 Å². The third-order valence-corrected chi connectivity index (χ3v) is 3.92. The second kappa shape index (κ2) is 5.82. The smallest absolute Gasteiger partial charge is 0.227 e. The van der Waals surface area contributed by atoms with Crippen LogP contribution in [0, 0.1) is 12.8 Å². The highest BCUT2D eigenvalue weighted by Gasteiger charge is 2.32. The number of rotatable bonds is 3. The topological polar surface area (TPSA) is 69.1 Å². The van der Waals surface area contributed by atoms with Crippen LogP contribution in [0.15, 0.2) is 21.7 Å². The molecule has 1 aliphatic rings. The first-order chi connectivity index (χ1) is 9.02. The van der Waals surface area contributed by atoms with Gasteiger partial charge in [-0.1, -0.05) is 16.7 Å². The van der Waals surface area contributed by atoms with E-state index in [1.807, 2.05) is 13.0 Å². The summed E-state index contributed by atoms with van der Waals surface area (Å²) in [5, 5.41) is 4.17. The van der Waals surface area contributed by atoms with Gasteiger partial charge in [-0.2, -0.15) is 0 Å². The number of carbonyl (C=O) groups is 1. The van der Waals surface area contributed by atoms with Gasteiger partial charge in [0.1, 0.15) is 0 Å². The van der Waals surface area contributed by atoms with Gasteiger partial charge < -0.3 is 4.90 Å². The molecule has 0 N–H and O–H groups in total. The van der Waals surface area contributed by atoms with Crippen LogP contribution in [0.2, 0.25) is 5.02 Å². The molecule has 1 aliphatic heterocycles. The summed E-state index contributed by atoms with van der Waals surface area (Å²) in [5.74, 6) is 0.120. The van der Waals surface area contributed by atoms with Crippen LogP contribution >= 0.6 is 27.5 Å². The van der Waals surface area contributed by atoms with E-state index < -0.39 is 0 Å². The summed E-state index contributed by atoms with van der Waals surface area (Å²) >= 11 is 9.42. The fraction of sp³-hybridized carbons (Fsp3) is 0.417. The molecule has 100 valence electrons. The van der Waals surface area contributed by atoms with Crippen LogP contribution in [0.1, 0.15) is 12.0 Å². The number of halogens is 2. The molecule has 1 aromatic carbocycles. The van der Waals surface area contributed by atoms with Gasteiger partial charge in [-0.25, -0.2) is 0 Å². The van der Waals surface area contributed by atoms with Gasteiger partial charge in [-0.15, -0.1) is 0 Å². The maximum absolute atomic E-state index is 12.1. The fourth-order valence-electron chi connectivity index (χ4n) is 2.31. The lowest BCUT2D eigenvalue weighted by Crippen LogP contribution is -2.26. The Bertz CT molecular complexity index is 548. The Balaban J connectivity index is 2.28. The summed E-state index contributed by atoms with van der Waals surface area (Å²) in [6.07, 6.45) is 0.410. The molecule has 0 aromatic heterocycles. The van der Waals surface area contributed by atoms with E-state index >= 15 is 0 Å². The summed E-state index contributed by atoms with van der Waals surface area (Å²) in [4.78, 5) is 16.5. The SMILES string of the molecule is Cc1cc(Cl)cc(Br)c1N1CC(CN=[N+]=[N-])CC1=O. The van der Waals surface area contributed by atoms with Crippen molar-refractivity contribution in [1.29, 1.82) is 0 Å². The van der Waals surface area contributed by atoms with Crippen molar-refractivity contribution in [2.45, 2.75) is 13.3 Å². The molecular weight excluding hydrogens is 332 g/mol. The molecule has 2 rings (SSSR count). The molecule has 1 heterocycles. The van der Waals surface area contributed by atoms with Crippen LogP contribution in [-0.2, 0) is 4.79 Å². The average molecular weight is 344 g/mol. The van der Waals surface area contributed by atoms with Crippen molar-refractivity contribution in [3.63, 3.8) is 0 Å². The molecule has 0 aliphatic carbocycles. The third-order valence-electron chi connectivity index (χ3n) is 3.10. The normalized spacial score (nSPS) is 18.6. The zero-order chi connectivity index (χ0) is 14.0. The number of aryl methyl sites for hydroxylation is 1. The summed E-state index contributed by atoms with van der Waals surface area (Å²) < 4.78 is 0.801. The third kappa shape index (κ3) is 3.03. The van der Waals surface area contributed by atoms with E-state index in [1.54, 1.807) is 11.0 Å². The predicted molar refractivity (Wildman–Crippen MR) is 78.4 cm³/mol. The van der Waals surface area contributed by atoms with Gasteiger partial charge in [-0.3, -0.25) is 4.79 Å². The fourth-order valence-corrected chi connectivity index (χ4v) is 3.49. The van der Waals surface area contributed by atoms with Gasteiger partial charge in [0.2, 0.25) is 5.91 Å². The van der Waals surface area contributed by atoms with E-state index in [9.17, 15) is 4.79 Å². The standard InChI is InChI=1S/C12H12BrClN4O/c1-7-2-9(14)4-10(13)12(7)18-6-8(3-11(18)19)5-16-17-15/h2,4,8H,3,5-6H2,1H3. The van der Waals surface area contributed by atoms with E-state index in [-0.39, 0.29) is 11.8 Å². The number of benzene rings is 1. The summed E-state index contributed by atoms with van der Waals surface area (Å²) in [6.45, 7) is 2.84. The average Bonchev–Trinajstić information content (AvgIpc) is 2.67. The van der Waals surface area contributed by atoms with Gasteiger partial charge in [-0.05, 0) is 52.0 Å². The molecule has 19 heavy (non-hydrogen) atoms. The largest absolute Gasteiger partial charge is 0.311 e. The molecule has 0 bridgehead atoms. The van der Waals surface area contributed by atoms with E-state index in [0.717, 1.165) is 15.7 Å². The summed E-state index contributed by atoms with van der Waals surface area (Å²) in [7, 11) is 0. The Hall–Kier alpha value is -1.23. The Labute approximate surface area is 124 Å². The molecule has 1 aromatic rings. The monoisotopic (exact) mass is 342 g/mol. The second-order valence-corrected chi connectivity index (χ2v) is 5.83. The van der Waals surface area contributed by atoms with Crippen molar-refractivity contribution in [1.82, 2.24) is 0 Å². The zero-order valence-corrected chi connectivity index (χ0v) is 12.6. The van der Waals surface area contributed by atoms with E-state index in [4.69, 9.17) is 17.1 Å². The second-order valence-electron chi connectivity index (χ2n) is 4.54. The van der Waals surface area contributed by atoms with Gasteiger partial charge in [0.05, 0.1) is 5.69 Å². The van der Waals surface area contributed by atoms with E-state index in [0.29, 0.717) is 24.5 Å². The number of nitrogens with zero attached hydrogens (tertiary/aromatic N) is 4. The van der Waals surface area contributed by atoms with Crippen LogP contribution in [0.4, 0.5) is 5.69 Å². The summed E-state index contributed by atoms with van der Waals surface area (Å²) in [6, 6.07) is 3.60. The number of carbonyl (C=O) groups excluding carboxylic acids is 1. The predicted octanol–water partition coefficient (Wildman–Crippen LogP) is 4.07. The number of azide groups is 1. The first-order valence-electron chi connectivity index (χ1n) is 5.79. The molecular formula is C12H12BrClN4O. The minimum atomic E-state index is 0.0456. The minimum absolute atomic E-state index is 0.0456. The van der Waals surface area contributed by atoms with Crippen LogP contribution in [-0.4, -0.2) is 19.0 Å². The van der Waals surface area contributed by atoms with Crippen LogP contribution in [0.5, 0.6) is 0 Å². The highest BCUT2D eigenvalue weighted by molar-refractivity contribution is 9.10. The van der Waals surface area contributed by atoms with Crippen LogP contribution in [0.3, 0.4) is 0 Å². The van der Waals surface area contributed by atoms with E-state index in [2.05, 4.69) is 26.0 Å². The molecule has 7 heteroatoms. The Morgan fingerprint density at radius 2 is 2.37 bits per heavy atom. The lowest BCUT2D eigenvalue weighted by molar-refractivity contribution is -0.117. The maximum Gasteiger partial charge on any atom is 0.227 e. The Morgan fingerprint density at radius 1 is 1.63 bits per heavy atom. The first-order valence-corrected chi connectivity index (χ1v) is 6.97. The van der Waals surface area contributed by atoms with Crippen molar-refractivity contribution >= 4 is 39.1 Å². The lowest BCUT2D eigenvalue weighted by Gasteiger charge is -2.21. The quantitative estimate of drug-likeness (QED) is 0.463. The van der Waals surface area contributed by atoms with Crippen LogP contribution in [0.25, 0.3) is 10.4 Å². The minimum Gasteiger partial charge on any atom is -0.311 e. The van der Waals surface area contributed by atoms with Gasteiger partial charge in [0.25, 0.3) is 0 Å². The number of hydrogen-bond donors (Lipinski definition) is 0. The molecule has 1 unspecified atom stereocenters.